The number of rotatable bonds is 5. The van der Waals surface area contributed by atoms with Gasteiger partial charge >= 0.3 is 0 Å². The molecule has 0 saturated carbocycles. The van der Waals surface area contributed by atoms with E-state index >= 15 is 0 Å². The van der Waals surface area contributed by atoms with Crippen molar-refractivity contribution in [1.82, 2.24) is 9.80 Å². The predicted molar refractivity (Wildman–Crippen MR) is 123 cm³/mol. The molecule has 0 atom stereocenters. The summed E-state index contributed by atoms with van der Waals surface area (Å²) in [6.45, 7) is 7.45. The van der Waals surface area contributed by atoms with Crippen molar-refractivity contribution in [1.29, 1.82) is 0 Å². The van der Waals surface area contributed by atoms with Gasteiger partial charge in [0.1, 0.15) is 0 Å². The summed E-state index contributed by atoms with van der Waals surface area (Å²) in [6, 6.07) is 7.99. The van der Waals surface area contributed by atoms with E-state index in [1.807, 2.05) is 12.1 Å². The number of nitrogens with zero attached hydrogens (tertiary/aromatic N) is 4. The molecule has 0 aromatic heterocycles. The van der Waals surface area contributed by atoms with E-state index in [-0.39, 0.29) is 30.1 Å². The maximum Gasteiger partial charge on any atom is 0.191 e. The average molecular weight is 508 g/mol. The van der Waals surface area contributed by atoms with Crippen LogP contribution in [0.15, 0.2) is 29.3 Å². The highest BCUT2D eigenvalue weighted by molar-refractivity contribution is 14.0. The Morgan fingerprint density at radius 3 is 2.33 bits per heavy atom. The smallest absolute Gasteiger partial charge is 0.191 e. The van der Waals surface area contributed by atoms with Gasteiger partial charge in [-0.15, -0.1) is 24.0 Å². The van der Waals surface area contributed by atoms with Gasteiger partial charge in [0.2, 0.25) is 0 Å². The highest BCUT2D eigenvalue weighted by atomic mass is 127. The molecule has 6 nitrogen and oxygen atoms in total. The minimum Gasteiger partial charge on any atom is -0.393 e. The van der Waals surface area contributed by atoms with Gasteiger partial charge in [0.25, 0.3) is 0 Å². The number of piperidine rings is 1. The molecule has 0 aliphatic carbocycles. The fraction of sp³-hybridized carbons (Fsp3) is 0.632. The Morgan fingerprint density at radius 1 is 1.07 bits per heavy atom. The van der Waals surface area contributed by atoms with Crippen LogP contribution in [-0.2, 0) is 0 Å². The highest BCUT2D eigenvalue weighted by Crippen LogP contribution is 2.19. The minimum absolute atomic E-state index is 0. The molecule has 2 saturated heterocycles. The Kier molecular flexibility index (Phi) is 9.41. The summed E-state index contributed by atoms with van der Waals surface area (Å²) < 4.78 is 0. The number of piperazine rings is 1. The fourth-order valence-electron chi connectivity index (χ4n) is 3.58. The van der Waals surface area contributed by atoms with Crippen LogP contribution in [0.5, 0.6) is 0 Å². The van der Waals surface area contributed by atoms with Gasteiger partial charge < -0.3 is 25.5 Å². The van der Waals surface area contributed by atoms with Crippen LogP contribution in [0.4, 0.5) is 5.69 Å². The second kappa shape index (κ2) is 11.3. The zero-order valence-corrected chi connectivity index (χ0v) is 18.9. The van der Waals surface area contributed by atoms with Gasteiger partial charge in [0.05, 0.1) is 6.10 Å². The molecular formula is C19H31ClIN5O. The molecule has 8 heteroatoms. The van der Waals surface area contributed by atoms with Crippen LogP contribution in [0, 0.1) is 0 Å². The lowest BCUT2D eigenvalue weighted by Gasteiger charge is -2.36. The highest BCUT2D eigenvalue weighted by Gasteiger charge is 2.19. The second-order valence-electron chi connectivity index (χ2n) is 7.12. The summed E-state index contributed by atoms with van der Waals surface area (Å²) in [6.07, 6.45) is 2.69. The van der Waals surface area contributed by atoms with E-state index in [1.54, 1.807) is 0 Å². The van der Waals surface area contributed by atoms with Gasteiger partial charge in [0.15, 0.2) is 5.96 Å². The molecule has 0 bridgehead atoms. The van der Waals surface area contributed by atoms with Crippen molar-refractivity contribution in [3.8, 4) is 0 Å². The number of benzene rings is 1. The standard InChI is InChI=1S/C19H30ClN5O.HI/c20-16-2-4-17(5-3-16)24-12-14-25(15-13-24)19(21)22-8-1-9-23-10-6-18(26)7-11-23;/h2-5,18,26H,1,6-15H2,(H2,21,22);1H. The Labute approximate surface area is 184 Å². The summed E-state index contributed by atoms with van der Waals surface area (Å²) in [5, 5.41) is 10.3. The summed E-state index contributed by atoms with van der Waals surface area (Å²) in [4.78, 5) is 11.5. The van der Waals surface area contributed by atoms with Gasteiger partial charge in [-0.2, -0.15) is 0 Å². The number of hydrogen-bond acceptors (Lipinski definition) is 4. The molecule has 2 aliphatic rings. The minimum atomic E-state index is -0.105. The van der Waals surface area contributed by atoms with Gasteiger partial charge in [-0.05, 0) is 50.1 Å². The largest absolute Gasteiger partial charge is 0.393 e. The maximum atomic E-state index is 9.54. The molecule has 27 heavy (non-hydrogen) atoms. The molecule has 2 fully saturated rings. The molecule has 0 spiro atoms. The monoisotopic (exact) mass is 507 g/mol. The van der Waals surface area contributed by atoms with E-state index < -0.39 is 0 Å². The lowest BCUT2D eigenvalue weighted by atomic mass is 10.1. The van der Waals surface area contributed by atoms with Gasteiger partial charge in [-0.3, -0.25) is 4.99 Å². The van der Waals surface area contributed by atoms with Gasteiger partial charge in [-0.1, -0.05) is 11.6 Å². The molecule has 2 aliphatic heterocycles. The maximum absolute atomic E-state index is 9.54. The van der Waals surface area contributed by atoms with Crippen LogP contribution in [0.25, 0.3) is 0 Å². The number of likely N-dealkylation sites (tertiary alicyclic amines) is 1. The van der Waals surface area contributed by atoms with Crippen molar-refractivity contribution in [2.45, 2.75) is 25.4 Å². The van der Waals surface area contributed by atoms with E-state index in [0.717, 1.165) is 76.6 Å². The van der Waals surface area contributed by atoms with Crippen LogP contribution < -0.4 is 10.6 Å². The fourth-order valence-corrected chi connectivity index (χ4v) is 3.70. The Bertz CT molecular complexity index is 584. The number of guanidine groups is 1. The van der Waals surface area contributed by atoms with E-state index in [4.69, 9.17) is 17.3 Å². The quantitative estimate of drug-likeness (QED) is 0.277. The molecule has 1 aromatic rings. The zero-order chi connectivity index (χ0) is 18.4. The van der Waals surface area contributed by atoms with Crippen LogP contribution in [0.1, 0.15) is 19.3 Å². The Hall–Kier alpha value is -0.770. The summed E-state index contributed by atoms with van der Waals surface area (Å²) in [5.74, 6) is 0.662. The molecule has 3 N–H and O–H groups in total. The summed E-state index contributed by atoms with van der Waals surface area (Å²) >= 11 is 5.96. The number of halogens is 2. The van der Waals surface area contributed by atoms with E-state index in [0.29, 0.717) is 5.96 Å². The SMILES string of the molecule is I.NC(=NCCCN1CCC(O)CC1)N1CCN(c2ccc(Cl)cc2)CC1. The topological polar surface area (TPSA) is 68.3 Å². The molecule has 0 radical (unpaired) electrons. The zero-order valence-electron chi connectivity index (χ0n) is 15.8. The number of hydrogen-bond donors (Lipinski definition) is 2. The van der Waals surface area contributed by atoms with Gasteiger partial charge in [-0.25, -0.2) is 0 Å². The average Bonchev–Trinajstić information content (AvgIpc) is 2.67. The summed E-state index contributed by atoms with van der Waals surface area (Å²) in [7, 11) is 0. The van der Waals surface area contributed by atoms with Crippen LogP contribution >= 0.6 is 35.6 Å². The molecule has 3 rings (SSSR count). The summed E-state index contributed by atoms with van der Waals surface area (Å²) in [5.41, 5.74) is 7.39. The van der Waals surface area contributed by atoms with E-state index in [9.17, 15) is 5.11 Å². The van der Waals surface area contributed by atoms with Gasteiger partial charge in [0, 0.05) is 56.5 Å². The second-order valence-corrected chi connectivity index (χ2v) is 7.55. The van der Waals surface area contributed by atoms with Crippen molar-refractivity contribution in [2.24, 2.45) is 10.7 Å². The van der Waals surface area contributed by atoms with E-state index in [1.165, 1.54) is 5.69 Å². The first-order valence-corrected chi connectivity index (χ1v) is 9.95. The number of aliphatic hydroxyl groups is 1. The third-order valence-corrected chi connectivity index (χ3v) is 5.51. The number of aliphatic hydroxyl groups excluding tert-OH is 1. The lowest BCUT2D eigenvalue weighted by Crippen LogP contribution is -2.51. The van der Waals surface area contributed by atoms with E-state index in [2.05, 4.69) is 31.8 Å². The first-order chi connectivity index (χ1) is 12.6. The Morgan fingerprint density at radius 2 is 1.70 bits per heavy atom. The number of aliphatic imine (C=N–C) groups is 1. The third kappa shape index (κ3) is 6.96. The molecule has 1 aromatic carbocycles. The molecule has 2 heterocycles. The molecular weight excluding hydrogens is 477 g/mol. The molecule has 0 unspecified atom stereocenters. The van der Waals surface area contributed by atoms with Crippen LogP contribution in [0.2, 0.25) is 5.02 Å². The lowest BCUT2D eigenvalue weighted by molar-refractivity contribution is 0.0824. The van der Waals surface area contributed by atoms with Crippen molar-refractivity contribution in [3.63, 3.8) is 0 Å². The van der Waals surface area contributed by atoms with Crippen molar-refractivity contribution in [2.75, 3.05) is 57.3 Å². The van der Waals surface area contributed by atoms with Crippen molar-refractivity contribution in [3.05, 3.63) is 29.3 Å². The number of nitrogens with two attached hydrogens (primary N) is 1. The van der Waals surface area contributed by atoms with Crippen LogP contribution in [0.3, 0.4) is 0 Å². The first kappa shape index (κ1) is 22.5. The molecule has 0 amide bonds. The third-order valence-electron chi connectivity index (χ3n) is 5.26. The normalized spacial score (nSPS) is 19.9. The van der Waals surface area contributed by atoms with Crippen molar-refractivity contribution < 1.29 is 5.11 Å². The Balaban J connectivity index is 0.00000261. The molecule has 152 valence electrons. The van der Waals surface area contributed by atoms with Crippen molar-refractivity contribution >= 4 is 47.2 Å². The predicted octanol–water partition coefficient (Wildman–Crippen LogP) is 2.24. The number of anilines is 1. The first-order valence-electron chi connectivity index (χ1n) is 9.57. The van der Waals surface area contributed by atoms with Crippen LogP contribution in [-0.4, -0.2) is 79.3 Å².